The first-order valence-corrected chi connectivity index (χ1v) is 17.4. The lowest BCUT2D eigenvalue weighted by Gasteiger charge is -2.34. The molecule has 4 aromatic carbocycles. The fraction of sp³-hybridized carbons (Fsp3) is 0.278. The van der Waals surface area contributed by atoms with Gasteiger partial charge in [-0.25, -0.2) is 8.42 Å². The summed E-state index contributed by atoms with van der Waals surface area (Å²) in [6.07, 6.45) is 0.953. The number of hydrogen-bond acceptors (Lipinski definition) is 5. The van der Waals surface area contributed by atoms with Gasteiger partial charge in [0.15, 0.2) is 0 Å². The predicted octanol–water partition coefficient (Wildman–Crippen LogP) is 6.52. The summed E-state index contributed by atoms with van der Waals surface area (Å²) in [6, 6.07) is 29.0. The molecule has 0 heterocycles. The van der Waals surface area contributed by atoms with Gasteiger partial charge < -0.3 is 15.0 Å². The van der Waals surface area contributed by atoms with Crippen LogP contribution in [-0.2, 0) is 32.6 Å². The summed E-state index contributed by atoms with van der Waals surface area (Å²) in [5.74, 6) is -0.399. The Balaban J connectivity index is 1.82. The molecule has 4 rings (SSSR count). The molecule has 2 atom stereocenters. The van der Waals surface area contributed by atoms with Gasteiger partial charge in [-0.3, -0.25) is 13.9 Å². The maximum Gasteiger partial charge on any atom is 0.264 e. The molecule has 0 aromatic heterocycles. The number of nitrogens with one attached hydrogen (secondary N) is 1. The third kappa shape index (κ3) is 8.98. The van der Waals surface area contributed by atoms with E-state index in [1.807, 2.05) is 75.4 Å². The van der Waals surface area contributed by atoms with Crippen LogP contribution in [0, 0.1) is 6.92 Å². The van der Waals surface area contributed by atoms with E-state index in [-0.39, 0.29) is 35.5 Å². The molecule has 0 radical (unpaired) electrons. The van der Waals surface area contributed by atoms with Gasteiger partial charge in [0.05, 0.1) is 17.7 Å². The number of rotatable bonds is 14. The van der Waals surface area contributed by atoms with Crippen molar-refractivity contribution in [2.75, 3.05) is 18.0 Å². The van der Waals surface area contributed by atoms with Crippen molar-refractivity contribution >= 4 is 43.5 Å². The van der Waals surface area contributed by atoms with Crippen LogP contribution in [0.15, 0.2) is 112 Å². The van der Waals surface area contributed by atoms with E-state index < -0.39 is 28.5 Å². The number of hydrogen-bond donors (Lipinski definition) is 1. The minimum absolute atomic E-state index is 0.0441. The molecule has 0 aliphatic carbocycles. The first kappa shape index (κ1) is 34.7. The fourth-order valence-electron chi connectivity index (χ4n) is 4.96. The predicted molar refractivity (Wildman–Crippen MR) is 185 cm³/mol. The van der Waals surface area contributed by atoms with E-state index in [1.165, 1.54) is 24.1 Å². The molecule has 0 fully saturated rings. The third-order valence-electron chi connectivity index (χ3n) is 7.74. The Hall–Kier alpha value is -4.15. The van der Waals surface area contributed by atoms with Gasteiger partial charge in [-0.2, -0.15) is 0 Å². The summed E-state index contributed by atoms with van der Waals surface area (Å²) < 4.78 is 35.7. The van der Waals surface area contributed by atoms with Gasteiger partial charge in [0.25, 0.3) is 10.0 Å². The number of ether oxygens (including phenoxy) is 1. The second-order valence-corrected chi connectivity index (χ2v) is 14.0. The zero-order valence-electron chi connectivity index (χ0n) is 26.5. The van der Waals surface area contributed by atoms with Crippen LogP contribution in [0.25, 0.3) is 0 Å². The van der Waals surface area contributed by atoms with E-state index in [9.17, 15) is 18.0 Å². The quantitative estimate of drug-likeness (QED) is 0.161. The highest BCUT2D eigenvalue weighted by Crippen LogP contribution is 2.28. The Morgan fingerprint density at radius 2 is 1.57 bits per heavy atom. The monoisotopic (exact) mass is 705 g/mol. The molecular formula is C36H40BrN3O5S. The zero-order chi connectivity index (χ0) is 33.3. The van der Waals surface area contributed by atoms with E-state index in [4.69, 9.17) is 4.74 Å². The van der Waals surface area contributed by atoms with Crippen LogP contribution in [-0.4, -0.2) is 50.9 Å². The number of anilines is 1. The molecule has 2 amide bonds. The molecule has 0 aliphatic heterocycles. The molecule has 0 spiro atoms. The van der Waals surface area contributed by atoms with Crippen molar-refractivity contribution in [1.29, 1.82) is 0 Å². The Morgan fingerprint density at radius 1 is 0.891 bits per heavy atom. The largest absolute Gasteiger partial charge is 0.497 e. The zero-order valence-corrected chi connectivity index (χ0v) is 28.9. The average Bonchev–Trinajstić information content (AvgIpc) is 3.05. The third-order valence-corrected chi connectivity index (χ3v) is 10.0. The van der Waals surface area contributed by atoms with Crippen molar-refractivity contribution < 1.29 is 22.7 Å². The summed E-state index contributed by atoms with van der Waals surface area (Å²) in [5.41, 5.74) is 2.82. The van der Waals surface area contributed by atoms with Crippen molar-refractivity contribution in [2.45, 2.75) is 57.1 Å². The molecule has 0 unspecified atom stereocenters. The lowest BCUT2D eigenvalue weighted by Crippen LogP contribution is -2.54. The number of halogens is 1. The highest BCUT2D eigenvalue weighted by molar-refractivity contribution is 9.10. The van der Waals surface area contributed by atoms with E-state index in [0.29, 0.717) is 12.2 Å². The smallest absolute Gasteiger partial charge is 0.264 e. The molecule has 4 aromatic rings. The molecule has 242 valence electrons. The van der Waals surface area contributed by atoms with Crippen LogP contribution in [0.2, 0.25) is 0 Å². The molecule has 10 heteroatoms. The van der Waals surface area contributed by atoms with Crippen LogP contribution >= 0.6 is 15.9 Å². The van der Waals surface area contributed by atoms with E-state index in [1.54, 1.807) is 36.4 Å². The molecule has 8 nitrogen and oxygen atoms in total. The molecule has 46 heavy (non-hydrogen) atoms. The molecule has 0 bridgehead atoms. The SMILES string of the molecule is CC[C@H](C)NC(=O)[C@@H](Cc1ccccc1)N(Cc1cccc(Br)c1)C(=O)CN(c1cccc(OC)c1)S(=O)(=O)c1ccc(C)cc1. The lowest BCUT2D eigenvalue weighted by molar-refractivity contribution is -0.140. The number of amides is 2. The summed E-state index contributed by atoms with van der Waals surface area (Å²) in [4.78, 5) is 30.1. The summed E-state index contributed by atoms with van der Waals surface area (Å²) >= 11 is 3.51. The van der Waals surface area contributed by atoms with Crippen molar-refractivity contribution in [1.82, 2.24) is 10.2 Å². The van der Waals surface area contributed by atoms with Gasteiger partial charge in [-0.1, -0.05) is 89.1 Å². The second kappa shape index (κ2) is 15.9. The molecule has 0 saturated heterocycles. The molecule has 0 saturated carbocycles. The van der Waals surface area contributed by atoms with Gasteiger partial charge in [-0.15, -0.1) is 0 Å². The van der Waals surface area contributed by atoms with Gasteiger partial charge >= 0.3 is 0 Å². The van der Waals surface area contributed by atoms with Crippen LogP contribution < -0.4 is 14.4 Å². The molecule has 0 aliphatic rings. The Morgan fingerprint density at radius 3 is 2.22 bits per heavy atom. The average molecular weight is 707 g/mol. The summed E-state index contributed by atoms with van der Waals surface area (Å²) in [6.45, 7) is 5.30. The topological polar surface area (TPSA) is 96.0 Å². The van der Waals surface area contributed by atoms with Gasteiger partial charge in [0.2, 0.25) is 11.8 Å². The summed E-state index contributed by atoms with van der Waals surface area (Å²) in [7, 11) is -2.72. The Kier molecular flexibility index (Phi) is 12.0. The van der Waals surface area contributed by atoms with Gasteiger partial charge in [0.1, 0.15) is 18.3 Å². The number of aryl methyl sites for hydroxylation is 1. The lowest BCUT2D eigenvalue weighted by atomic mass is 10.0. The van der Waals surface area contributed by atoms with E-state index >= 15 is 0 Å². The van der Waals surface area contributed by atoms with Crippen molar-refractivity contribution in [2.24, 2.45) is 0 Å². The van der Waals surface area contributed by atoms with E-state index in [0.717, 1.165) is 25.5 Å². The fourth-order valence-corrected chi connectivity index (χ4v) is 6.81. The van der Waals surface area contributed by atoms with Crippen LogP contribution in [0.4, 0.5) is 5.69 Å². The van der Waals surface area contributed by atoms with Gasteiger partial charge in [-0.05, 0) is 67.8 Å². The first-order valence-electron chi connectivity index (χ1n) is 15.1. The van der Waals surface area contributed by atoms with Crippen molar-refractivity contribution in [3.63, 3.8) is 0 Å². The van der Waals surface area contributed by atoms with Crippen LogP contribution in [0.3, 0.4) is 0 Å². The van der Waals surface area contributed by atoms with Crippen molar-refractivity contribution in [3.8, 4) is 5.75 Å². The van der Waals surface area contributed by atoms with Crippen LogP contribution in [0.5, 0.6) is 5.75 Å². The maximum absolute atomic E-state index is 14.6. The number of methoxy groups -OCH3 is 1. The standard InChI is InChI=1S/C36H40BrN3O5S/c1-5-27(3)38-36(42)34(22-28-11-7-6-8-12-28)39(24-29-13-9-14-30(37)21-29)35(41)25-40(31-15-10-16-32(23-31)45-4)46(43,44)33-19-17-26(2)18-20-33/h6-21,23,27,34H,5,22,24-25H2,1-4H3,(H,38,42)/t27-,34+/m0/s1. The number of carbonyl (C=O) groups is 2. The van der Waals surface area contributed by atoms with Crippen molar-refractivity contribution in [3.05, 3.63) is 124 Å². The number of benzene rings is 4. The Labute approximate surface area is 280 Å². The summed E-state index contributed by atoms with van der Waals surface area (Å²) in [5, 5.41) is 3.05. The highest BCUT2D eigenvalue weighted by Gasteiger charge is 2.35. The second-order valence-electron chi connectivity index (χ2n) is 11.2. The normalized spacial score (nSPS) is 12.5. The first-order chi connectivity index (χ1) is 22.0. The van der Waals surface area contributed by atoms with E-state index in [2.05, 4.69) is 21.2 Å². The number of nitrogens with zero attached hydrogens (tertiary/aromatic N) is 2. The highest BCUT2D eigenvalue weighted by atomic mass is 79.9. The maximum atomic E-state index is 14.6. The molecular weight excluding hydrogens is 666 g/mol. The van der Waals surface area contributed by atoms with Gasteiger partial charge in [0, 0.05) is 29.5 Å². The minimum atomic E-state index is -4.21. The molecule has 1 N–H and O–H groups in total. The number of sulfonamides is 1. The minimum Gasteiger partial charge on any atom is -0.497 e. The number of carbonyl (C=O) groups excluding carboxylic acids is 2. The Bertz CT molecular complexity index is 1730. The van der Waals surface area contributed by atoms with Crippen LogP contribution in [0.1, 0.15) is 37.0 Å².